The summed E-state index contributed by atoms with van der Waals surface area (Å²) in [5.41, 5.74) is 0.114. The number of rotatable bonds is 4. The molecule has 0 fully saturated rings. The van der Waals surface area contributed by atoms with Crippen LogP contribution in [0.3, 0.4) is 0 Å². The Hall–Kier alpha value is -1.87. The topological polar surface area (TPSA) is 63.6 Å². The second-order valence-corrected chi connectivity index (χ2v) is 5.05. The Morgan fingerprint density at radius 2 is 1.45 bits per heavy atom. The zero-order valence-corrected chi connectivity index (χ0v) is 10.8. The SMILES string of the molecule is C=C(C)C(=C)Oc1c(F)c(F)c(S(=O)(=O)O)c(F)c1F. The summed E-state index contributed by atoms with van der Waals surface area (Å²) >= 11 is 0. The van der Waals surface area contributed by atoms with Gasteiger partial charge in [-0.15, -0.1) is 0 Å². The number of hydrogen-bond acceptors (Lipinski definition) is 3. The molecular formula is C11H8F4O4S. The van der Waals surface area contributed by atoms with Crippen molar-refractivity contribution >= 4 is 10.1 Å². The molecule has 1 aromatic carbocycles. The lowest BCUT2D eigenvalue weighted by atomic mass is 10.2. The van der Waals surface area contributed by atoms with Gasteiger partial charge in [0.1, 0.15) is 5.76 Å². The maximum Gasteiger partial charge on any atom is 0.300 e. The quantitative estimate of drug-likeness (QED) is 0.305. The molecule has 110 valence electrons. The lowest BCUT2D eigenvalue weighted by molar-refractivity contribution is 0.332. The fourth-order valence-corrected chi connectivity index (χ4v) is 1.75. The van der Waals surface area contributed by atoms with Gasteiger partial charge in [0.15, 0.2) is 16.5 Å². The minimum atomic E-state index is -5.50. The van der Waals surface area contributed by atoms with E-state index < -0.39 is 44.0 Å². The van der Waals surface area contributed by atoms with Crippen LogP contribution in [0.25, 0.3) is 0 Å². The van der Waals surface area contributed by atoms with Crippen LogP contribution < -0.4 is 4.74 Å². The number of benzene rings is 1. The van der Waals surface area contributed by atoms with E-state index >= 15 is 0 Å². The van der Waals surface area contributed by atoms with Gasteiger partial charge in [-0.1, -0.05) is 13.2 Å². The summed E-state index contributed by atoms with van der Waals surface area (Å²) in [7, 11) is -5.50. The molecule has 0 saturated carbocycles. The molecule has 0 aliphatic rings. The lowest BCUT2D eigenvalue weighted by Crippen LogP contribution is -2.12. The standard InChI is InChI=1S/C11H8F4O4S/c1-4(2)5(3)19-10-6(12)8(14)11(20(16,17)18)9(15)7(10)13/h1,3H2,2H3,(H,16,17,18). The predicted octanol–water partition coefficient (Wildman–Crippen LogP) is 2.96. The first-order valence-electron chi connectivity index (χ1n) is 4.84. The minimum absolute atomic E-state index is 0.114. The van der Waals surface area contributed by atoms with Crippen LogP contribution in [0.1, 0.15) is 6.92 Å². The van der Waals surface area contributed by atoms with E-state index in [9.17, 15) is 26.0 Å². The summed E-state index contributed by atoms with van der Waals surface area (Å²) in [5.74, 6) is -10.8. The predicted molar refractivity (Wildman–Crippen MR) is 60.7 cm³/mol. The molecular weight excluding hydrogens is 304 g/mol. The molecule has 0 amide bonds. The first-order valence-corrected chi connectivity index (χ1v) is 6.28. The average Bonchev–Trinajstić information content (AvgIpc) is 2.30. The summed E-state index contributed by atoms with van der Waals surface area (Å²) in [4.78, 5) is -2.14. The Balaban J connectivity index is 3.61. The molecule has 0 atom stereocenters. The van der Waals surface area contributed by atoms with Crippen molar-refractivity contribution in [2.24, 2.45) is 0 Å². The van der Waals surface area contributed by atoms with Crippen molar-refractivity contribution in [3.8, 4) is 5.75 Å². The first kappa shape index (κ1) is 16.2. The third-order valence-electron chi connectivity index (χ3n) is 2.14. The fourth-order valence-electron chi connectivity index (χ4n) is 1.12. The van der Waals surface area contributed by atoms with E-state index in [0.29, 0.717) is 0 Å². The first-order chi connectivity index (χ1) is 8.98. The molecule has 4 nitrogen and oxygen atoms in total. The van der Waals surface area contributed by atoms with E-state index in [2.05, 4.69) is 17.9 Å². The smallest absolute Gasteiger partial charge is 0.300 e. The van der Waals surface area contributed by atoms with Gasteiger partial charge in [0.2, 0.25) is 17.4 Å². The van der Waals surface area contributed by atoms with Crippen LogP contribution in [0.5, 0.6) is 5.75 Å². The molecule has 0 aromatic heterocycles. The van der Waals surface area contributed by atoms with Gasteiger partial charge in [-0.2, -0.15) is 17.2 Å². The van der Waals surface area contributed by atoms with Crippen LogP contribution in [-0.4, -0.2) is 13.0 Å². The molecule has 9 heteroatoms. The van der Waals surface area contributed by atoms with Crippen LogP contribution in [0.15, 0.2) is 29.4 Å². The van der Waals surface area contributed by atoms with E-state index in [1.165, 1.54) is 6.92 Å². The van der Waals surface area contributed by atoms with E-state index in [-0.39, 0.29) is 11.3 Å². The van der Waals surface area contributed by atoms with Crippen molar-refractivity contribution in [3.63, 3.8) is 0 Å². The molecule has 0 radical (unpaired) electrons. The summed E-state index contributed by atoms with van der Waals surface area (Å²) in [6.45, 7) is 7.86. The molecule has 0 heterocycles. The molecule has 1 N–H and O–H groups in total. The highest BCUT2D eigenvalue weighted by Crippen LogP contribution is 2.33. The molecule has 0 aliphatic carbocycles. The fraction of sp³-hybridized carbons (Fsp3) is 0.0909. The van der Waals surface area contributed by atoms with E-state index in [0.717, 1.165) is 0 Å². The van der Waals surface area contributed by atoms with Gasteiger partial charge in [-0.25, -0.2) is 8.78 Å². The number of hydrogen-bond donors (Lipinski definition) is 1. The minimum Gasteiger partial charge on any atom is -0.451 e. The Bertz CT molecular complexity index is 681. The third kappa shape index (κ3) is 2.83. The Morgan fingerprint density at radius 1 is 1.05 bits per heavy atom. The monoisotopic (exact) mass is 312 g/mol. The maximum absolute atomic E-state index is 13.5. The Morgan fingerprint density at radius 3 is 1.75 bits per heavy atom. The molecule has 0 bridgehead atoms. The van der Waals surface area contributed by atoms with Gasteiger partial charge in [0, 0.05) is 0 Å². The largest absolute Gasteiger partial charge is 0.451 e. The van der Waals surface area contributed by atoms with E-state index in [1.54, 1.807) is 0 Å². The molecule has 20 heavy (non-hydrogen) atoms. The molecule has 1 aromatic rings. The summed E-state index contributed by atoms with van der Waals surface area (Å²) < 4.78 is 88.2. The van der Waals surface area contributed by atoms with Crippen LogP contribution in [0.2, 0.25) is 0 Å². The molecule has 0 saturated heterocycles. The van der Waals surface area contributed by atoms with Crippen LogP contribution in [0.4, 0.5) is 17.6 Å². The van der Waals surface area contributed by atoms with Gasteiger partial charge in [0.25, 0.3) is 0 Å². The second kappa shape index (κ2) is 5.25. The zero-order valence-electron chi connectivity index (χ0n) is 10.0. The summed E-state index contributed by atoms with van der Waals surface area (Å²) in [6, 6.07) is 0. The molecule has 0 aliphatic heterocycles. The van der Waals surface area contributed by atoms with Gasteiger partial charge in [-0.05, 0) is 12.5 Å². The number of ether oxygens (including phenoxy) is 1. The molecule has 0 unspecified atom stereocenters. The highest BCUT2D eigenvalue weighted by molar-refractivity contribution is 7.85. The van der Waals surface area contributed by atoms with Gasteiger partial charge >= 0.3 is 10.1 Å². The normalized spacial score (nSPS) is 11.3. The van der Waals surface area contributed by atoms with Crippen LogP contribution in [0, 0.1) is 23.3 Å². The number of halogens is 4. The van der Waals surface area contributed by atoms with Crippen LogP contribution >= 0.6 is 0 Å². The third-order valence-corrected chi connectivity index (χ3v) is 3.02. The van der Waals surface area contributed by atoms with E-state index in [4.69, 9.17) is 4.55 Å². The zero-order chi connectivity index (χ0) is 15.8. The van der Waals surface area contributed by atoms with Gasteiger partial charge in [0.05, 0.1) is 0 Å². The highest BCUT2D eigenvalue weighted by atomic mass is 32.2. The highest BCUT2D eigenvalue weighted by Gasteiger charge is 2.33. The maximum atomic E-state index is 13.5. The van der Waals surface area contributed by atoms with Gasteiger partial charge < -0.3 is 4.74 Å². The van der Waals surface area contributed by atoms with E-state index in [1.807, 2.05) is 0 Å². The molecule has 0 spiro atoms. The summed E-state index contributed by atoms with van der Waals surface area (Å²) in [5, 5.41) is 0. The lowest BCUT2D eigenvalue weighted by Gasteiger charge is -2.12. The van der Waals surface area contributed by atoms with Gasteiger partial charge in [-0.3, -0.25) is 4.55 Å². The average molecular weight is 312 g/mol. The number of allylic oxidation sites excluding steroid dienone is 1. The van der Waals surface area contributed by atoms with Crippen molar-refractivity contribution in [2.75, 3.05) is 0 Å². The Labute approximate surface area is 111 Å². The molecule has 1 rings (SSSR count). The van der Waals surface area contributed by atoms with Crippen molar-refractivity contribution in [1.82, 2.24) is 0 Å². The second-order valence-electron chi connectivity index (χ2n) is 3.69. The Kier molecular flexibility index (Phi) is 4.25. The van der Waals surface area contributed by atoms with Crippen molar-refractivity contribution < 1.29 is 35.3 Å². The summed E-state index contributed by atoms with van der Waals surface area (Å²) in [6.07, 6.45) is 0. The van der Waals surface area contributed by atoms with Crippen molar-refractivity contribution in [2.45, 2.75) is 11.8 Å². The van der Waals surface area contributed by atoms with Crippen LogP contribution in [-0.2, 0) is 10.1 Å². The van der Waals surface area contributed by atoms with Crippen molar-refractivity contribution in [1.29, 1.82) is 0 Å². The van der Waals surface area contributed by atoms with Crippen molar-refractivity contribution in [3.05, 3.63) is 47.8 Å².